The molecule has 8 heteroatoms. The number of hydrogen-bond acceptors (Lipinski definition) is 6. The number of methoxy groups -OCH3 is 1. The zero-order valence-corrected chi connectivity index (χ0v) is 13.0. The minimum absolute atomic E-state index is 0.0138. The monoisotopic (exact) mass is 319 g/mol. The Kier molecular flexibility index (Phi) is 4.79. The standard InChI is InChI=1S/C12H17NO5S2/c1-8-7-19-10(12(14)17-2)11(8)20(15,16)13-9-4-3-5-18-6-9/h7,9,13H,3-6H2,1-2H3. The maximum Gasteiger partial charge on any atom is 0.349 e. The molecule has 1 aliphatic rings. The summed E-state index contributed by atoms with van der Waals surface area (Å²) in [4.78, 5) is 11.8. The molecule has 1 aromatic heterocycles. The number of sulfonamides is 1. The summed E-state index contributed by atoms with van der Waals surface area (Å²) in [6, 6.07) is -0.251. The summed E-state index contributed by atoms with van der Waals surface area (Å²) < 4.78 is 37.4. The molecule has 1 aliphatic heterocycles. The van der Waals surface area contributed by atoms with Crippen molar-refractivity contribution in [3.8, 4) is 0 Å². The first-order valence-corrected chi connectivity index (χ1v) is 8.58. The summed E-state index contributed by atoms with van der Waals surface area (Å²) in [5, 5.41) is 1.64. The van der Waals surface area contributed by atoms with Gasteiger partial charge in [0.2, 0.25) is 10.0 Å². The lowest BCUT2D eigenvalue weighted by Crippen LogP contribution is -2.41. The highest BCUT2D eigenvalue weighted by Gasteiger charge is 2.30. The van der Waals surface area contributed by atoms with Crippen molar-refractivity contribution < 1.29 is 22.7 Å². The molecule has 1 saturated heterocycles. The molecule has 1 N–H and O–H groups in total. The Morgan fingerprint density at radius 3 is 2.90 bits per heavy atom. The summed E-state index contributed by atoms with van der Waals surface area (Å²) in [5.74, 6) is -0.636. The number of esters is 1. The van der Waals surface area contributed by atoms with E-state index in [0.29, 0.717) is 18.8 Å². The molecule has 0 aromatic carbocycles. The molecule has 1 unspecified atom stereocenters. The van der Waals surface area contributed by atoms with Crippen LogP contribution in [0, 0.1) is 6.92 Å². The van der Waals surface area contributed by atoms with E-state index in [2.05, 4.69) is 9.46 Å². The van der Waals surface area contributed by atoms with Crippen LogP contribution in [0.1, 0.15) is 28.1 Å². The van der Waals surface area contributed by atoms with Crippen LogP contribution in [0.3, 0.4) is 0 Å². The lowest BCUT2D eigenvalue weighted by molar-refractivity contribution is 0.0602. The summed E-state index contributed by atoms with van der Waals surface area (Å²) in [5.41, 5.74) is 0.541. The predicted octanol–water partition coefficient (Wildman–Crippen LogP) is 1.30. The van der Waals surface area contributed by atoms with Crippen molar-refractivity contribution in [2.75, 3.05) is 20.3 Å². The molecule has 0 spiro atoms. The highest BCUT2D eigenvalue weighted by atomic mass is 32.2. The first-order valence-electron chi connectivity index (χ1n) is 6.22. The number of hydrogen-bond donors (Lipinski definition) is 1. The third-order valence-electron chi connectivity index (χ3n) is 3.04. The van der Waals surface area contributed by atoms with E-state index in [9.17, 15) is 13.2 Å². The van der Waals surface area contributed by atoms with Crippen LogP contribution >= 0.6 is 11.3 Å². The van der Waals surface area contributed by atoms with Gasteiger partial charge in [0, 0.05) is 12.6 Å². The maximum atomic E-state index is 12.5. The first kappa shape index (κ1) is 15.4. The number of ether oxygens (including phenoxy) is 2. The Morgan fingerprint density at radius 2 is 2.30 bits per heavy atom. The van der Waals surface area contributed by atoms with Crippen molar-refractivity contribution in [1.29, 1.82) is 0 Å². The van der Waals surface area contributed by atoms with Crippen molar-refractivity contribution in [3.63, 3.8) is 0 Å². The van der Waals surface area contributed by atoms with Crippen molar-refractivity contribution in [2.24, 2.45) is 0 Å². The SMILES string of the molecule is COC(=O)c1scc(C)c1S(=O)(=O)NC1CCCOC1. The van der Waals surface area contributed by atoms with E-state index in [1.54, 1.807) is 12.3 Å². The molecule has 0 amide bonds. The van der Waals surface area contributed by atoms with E-state index in [-0.39, 0.29) is 15.8 Å². The molecular weight excluding hydrogens is 302 g/mol. The Labute approximate surface area is 122 Å². The molecule has 2 rings (SSSR count). The summed E-state index contributed by atoms with van der Waals surface area (Å²) >= 11 is 1.07. The van der Waals surface area contributed by atoms with Crippen LogP contribution in [0.4, 0.5) is 0 Å². The molecule has 0 aliphatic carbocycles. The lowest BCUT2D eigenvalue weighted by Gasteiger charge is -2.23. The minimum atomic E-state index is -3.75. The summed E-state index contributed by atoms with van der Waals surface area (Å²) in [7, 11) is -2.52. The van der Waals surface area contributed by atoms with Crippen molar-refractivity contribution >= 4 is 27.3 Å². The number of carbonyl (C=O) groups excluding carboxylic acids is 1. The van der Waals surface area contributed by atoms with E-state index in [0.717, 1.165) is 24.2 Å². The normalized spacial score (nSPS) is 19.8. The van der Waals surface area contributed by atoms with Crippen LogP contribution < -0.4 is 4.72 Å². The fourth-order valence-electron chi connectivity index (χ4n) is 2.11. The summed E-state index contributed by atoms with van der Waals surface area (Å²) in [6.07, 6.45) is 1.55. The second-order valence-electron chi connectivity index (χ2n) is 4.60. The van der Waals surface area contributed by atoms with E-state index in [1.165, 1.54) is 7.11 Å². The molecule has 1 atom stereocenters. The van der Waals surface area contributed by atoms with Crippen molar-refractivity contribution in [3.05, 3.63) is 15.8 Å². The smallest absolute Gasteiger partial charge is 0.349 e. The number of nitrogens with one attached hydrogen (secondary N) is 1. The van der Waals surface area contributed by atoms with Gasteiger partial charge in [-0.05, 0) is 30.7 Å². The quantitative estimate of drug-likeness (QED) is 0.846. The molecule has 1 fully saturated rings. The van der Waals surface area contributed by atoms with Crippen molar-refractivity contribution in [2.45, 2.75) is 30.7 Å². The molecule has 112 valence electrons. The highest BCUT2D eigenvalue weighted by molar-refractivity contribution is 7.89. The maximum absolute atomic E-state index is 12.5. The largest absolute Gasteiger partial charge is 0.465 e. The van der Waals surface area contributed by atoms with Gasteiger partial charge < -0.3 is 9.47 Å². The predicted molar refractivity (Wildman–Crippen MR) is 74.6 cm³/mol. The second-order valence-corrected chi connectivity index (χ2v) is 7.13. The minimum Gasteiger partial charge on any atom is -0.465 e. The number of thiophene rings is 1. The fourth-order valence-corrected chi connectivity index (χ4v) is 5.07. The zero-order valence-electron chi connectivity index (χ0n) is 11.3. The second kappa shape index (κ2) is 6.21. The van der Waals surface area contributed by atoms with Gasteiger partial charge in [-0.3, -0.25) is 0 Å². The Balaban J connectivity index is 2.29. The van der Waals surface area contributed by atoms with Crippen LogP contribution in [-0.4, -0.2) is 40.8 Å². The average Bonchev–Trinajstić information content (AvgIpc) is 2.81. The van der Waals surface area contributed by atoms with Gasteiger partial charge in [0.05, 0.1) is 13.7 Å². The zero-order chi connectivity index (χ0) is 14.8. The molecule has 0 bridgehead atoms. The molecule has 0 radical (unpaired) electrons. The van der Waals surface area contributed by atoms with E-state index in [4.69, 9.17) is 4.74 Å². The van der Waals surface area contributed by atoms with Crippen LogP contribution in [0.5, 0.6) is 0 Å². The molecule has 6 nitrogen and oxygen atoms in total. The fraction of sp³-hybridized carbons (Fsp3) is 0.583. The van der Waals surface area contributed by atoms with E-state index >= 15 is 0 Å². The van der Waals surface area contributed by atoms with Gasteiger partial charge in [0.15, 0.2) is 0 Å². The lowest BCUT2D eigenvalue weighted by atomic mass is 10.1. The third-order valence-corrected chi connectivity index (χ3v) is 5.95. The Hall–Kier alpha value is -0.960. The molecule has 1 aromatic rings. The number of aryl methyl sites for hydroxylation is 1. The van der Waals surface area contributed by atoms with Gasteiger partial charge in [-0.25, -0.2) is 17.9 Å². The Bertz CT molecular complexity index is 587. The van der Waals surface area contributed by atoms with Gasteiger partial charge in [-0.2, -0.15) is 0 Å². The summed E-state index contributed by atoms with van der Waals surface area (Å²) in [6.45, 7) is 2.67. The van der Waals surface area contributed by atoms with Crippen LogP contribution in [0.25, 0.3) is 0 Å². The van der Waals surface area contributed by atoms with Gasteiger partial charge >= 0.3 is 5.97 Å². The highest BCUT2D eigenvalue weighted by Crippen LogP contribution is 2.28. The van der Waals surface area contributed by atoms with Crippen LogP contribution in [0.2, 0.25) is 0 Å². The van der Waals surface area contributed by atoms with Crippen LogP contribution in [0.15, 0.2) is 10.3 Å². The Morgan fingerprint density at radius 1 is 1.55 bits per heavy atom. The van der Waals surface area contributed by atoms with E-state index < -0.39 is 16.0 Å². The van der Waals surface area contributed by atoms with Gasteiger partial charge in [0.25, 0.3) is 0 Å². The third kappa shape index (κ3) is 3.20. The molecule has 0 saturated carbocycles. The van der Waals surface area contributed by atoms with Gasteiger partial charge in [-0.1, -0.05) is 0 Å². The molecule has 20 heavy (non-hydrogen) atoms. The average molecular weight is 319 g/mol. The first-order chi connectivity index (χ1) is 9.45. The number of rotatable bonds is 4. The van der Waals surface area contributed by atoms with Crippen LogP contribution in [-0.2, 0) is 19.5 Å². The topological polar surface area (TPSA) is 81.7 Å². The van der Waals surface area contributed by atoms with Gasteiger partial charge in [0.1, 0.15) is 9.77 Å². The van der Waals surface area contributed by atoms with Gasteiger partial charge in [-0.15, -0.1) is 11.3 Å². The van der Waals surface area contributed by atoms with Crippen molar-refractivity contribution in [1.82, 2.24) is 4.72 Å². The molecular formula is C12H17NO5S2. The number of carbonyl (C=O) groups is 1. The van der Waals surface area contributed by atoms with E-state index in [1.807, 2.05) is 0 Å². The molecule has 2 heterocycles.